The van der Waals surface area contributed by atoms with Crippen molar-refractivity contribution < 1.29 is 19.5 Å². The van der Waals surface area contributed by atoms with Crippen LogP contribution in [0, 0.1) is 11.3 Å². The Bertz CT molecular complexity index is 659. The number of carboxylic acids is 1. The number of likely N-dealkylation sites (tertiary alicyclic amines) is 1. The summed E-state index contributed by atoms with van der Waals surface area (Å²) >= 11 is 0. The number of rotatable bonds is 6. The number of nitrogens with zero attached hydrogens (tertiary/aromatic N) is 1. The second kappa shape index (κ2) is 9.02. The Balaban J connectivity index is 1.86. The van der Waals surface area contributed by atoms with E-state index in [1.165, 1.54) is 0 Å². The fourth-order valence-corrected chi connectivity index (χ4v) is 3.23. The predicted octanol–water partition coefficient (Wildman–Crippen LogP) is 2.93. The SMILES string of the molecule is CC(C)(C)CCC(NC(=O)C1CCN(C(=O)c2ccccc2)CC1)C(=O)O. The van der Waals surface area contributed by atoms with Gasteiger partial charge in [0.2, 0.25) is 5.91 Å². The van der Waals surface area contributed by atoms with E-state index in [2.05, 4.69) is 5.32 Å². The molecule has 0 spiro atoms. The van der Waals surface area contributed by atoms with Crippen molar-refractivity contribution >= 4 is 17.8 Å². The summed E-state index contributed by atoms with van der Waals surface area (Å²) in [6.45, 7) is 7.16. The zero-order chi connectivity index (χ0) is 20.0. The van der Waals surface area contributed by atoms with Crippen molar-refractivity contribution in [3.8, 4) is 0 Å². The number of piperidine rings is 1. The third-order valence-corrected chi connectivity index (χ3v) is 4.97. The highest BCUT2D eigenvalue weighted by Gasteiger charge is 2.30. The molecule has 0 aliphatic carbocycles. The average molecular weight is 374 g/mol. The lowest BCUT2D eigenvalue weighted by molar-refractivity contribution is -0.143. The molecule has 27 heavy (non-hydrogen) atoms. The highest BCUT2D eigenvalue weighted by Crippen LogP contribution is 2.23. The van der Waals surface area contributed by atoms with E-state index in [0.29, 0.717) is 44.3 Å². The molecule has 1 saturated heterocycles. The van der Waals surface area contributed by atoms with E-state index < -0.39 is 12.0 Å². The zero-order valence-electron chi connectivity index (χ0n) is 16.4. The number of carboxylic acid groups (broad SMARTS) is 1. The number of benzene rings is 1. The third kappa shape index (κ3) is 6.38. The number of nitrogens with one attached hydrogen (secondary N) is 1. The predicted molar refractivity (Wildman–Crippen MR) is 103 cm³/mol. The van der Waals surface area contributed by atoms with Crippen molar-refractivity contribution in [2.75, 3.05) is 13.1 Å². The van der Waals surface area contributed by atoms with Crippen LogP contribution in [0.5, 0.6) is 0 Å². The van der Waals surface area contributed by atoms with Gasteiger partial charge in [0.05, 0.1) is 0 Å². The molecular weight excluding hydrogens is 344 g/mol. The minimum atomic E-state index is -0.996. The first kappa shape index (κ1) is 20.9. The Morgan fingerprint density at radius 2 is 1.74 bits per heavy atom. The molecule has 2 amide bonds. The molecule has 1 aromatic rings. The number of carbonyl (C=O) groups is 3. The number of amides is 2. The van der Waals surface area contributed by atoms with Gasteiger partial charge in [0.25, 0.3) is 5.91 Å². The van der Waals surface area contributed by atoms with Gasteiger partial charge in [-0.3, -0.25) is 9.59 Å². The highest BCUT2D eigenvalue weighted by molar-refractivity contribution is 5.94. The van der Waals surface area contributed by atoms with Crippen molar-refractivity contribution in [2.24, 2.45) is 11.3 Å². The van der Waals surface area contributed by atoms with E-state index in [1.807, 2.05) is 39.0 Å². The molecule has 0 radical (unpaired) electrons. The average Bonchev–Trinajstić information content (AvgIpc) is 2.64. The van der Waals surface area contributed by atoms with Crippen molar-refractivity contribution in [3.63, 3.8) is 0 Å². The number of carbonyl (C=O) groups excluding carboxylic acids is 2. The summed E-state index contributed by atoms with van der Waals surface area (Å²) in [5.41, 5.74) is 0.662. The lowest BCUT2D eigenvalue weighted by Crippen LogP contribution is -2.47. The van der Waals surface area contributed by atoms with Crippen LogP contribution in [0.3, 0.4) is 0 Å². The Kier molecular flexibility index (Phi) is 6.99. The molecule has 2 rings (SSSR count). The van der Waals surface area contributed by atoms with Gasteiger partial charge < -0.3 is 15.3 Å². The third-order valence-electron chi connectivity index (χ3n) is 4.97. The van der Waals surface area contributed by atoms with Crippen LogP contribution < -0.4 is 5.32 Å². The number of aliphatic carboxylic acids is 1. The maximum absolute atomic E-state index is 12.5. The minimum absolute atomic E-state index is 0.0154. The molecule has 1 aliphatic heterocycles. The maximum atomic E-state index is 12.5. The van der Waals surface area contributed by atoms with Crippen LogP contribution in [0.15, 0.2) is 30.3 Å². The lowest BCUT2D eigenvalue weighted by atomic mass is 9.88. The first-order chi connectivity index (χ1) is 12.7. The Morgan fingerprint density at radius 1 is 1.15 bits per heavy atom. The summed E-state index contributed by atoms with van der Waals surface area (Å²) in [6, 6.07) is 8.24. The largest absolute Gasteiger partial charge is 0.480 e. The summed E-state index contributed by atoms with van der Waals surface area (Å²) < 4.78 is 0. The minimum Gasteiger partial charge on any atom is -0.480 e. The summed E-state index contributed by atoms with van der Waals surface area (Å²) in [7, 11) is 0. The molecule has 148 valence electrons. The quantitative estimate of drug-likeness (QED) is 0.801. The monoisotopic (exact) mass is 374 g/mol. The number of hydrogen-bond donors (Lipinski definition) is 2. The van der Waals surface area contributed by atoms with E-state index in [4.69, 9.17) is 0 Å². The molecule has 1 aromatic carbocycles. The molecule has 6 nitrogen and oxygen atoms in total. The van der Waals surface area contributed by atoms with Crippen LogP contribution in [-0.4, -0.2) is 46.9 Å². The van der Waals surface area contributed by atoms with E-state index >= 15 is 0 Å². The van der Waals surface area contributed by atoms with Gasteiger partial charge in [-0.05, 0) is 43.2 Å². The van der Waals surface area contributed by atoms with Crippen LogP contribution in [0.25, 0.3) is 0 Å². The van der Waals surface area contributed by atoms with Crippen molar-refractivity contribution in [2.45, 2.75) is 52.5 Å². The first-order valence-electron chi connectivity index (χ1n) is 9.55. The van der Waals surface area contributed by atoms with E-state index in [-0.39, 0.29) is 23.1 Å². The molecule has 0 aromatic heterocycles. The van der Waals surface area contributed by atoms with Gasteiger partial charge in [-0.1, -0.05) is 39.0 Å². The molecule has 1 fully saturated rings. The zero-order valence-corrected chi connectivity index (χ0v) is 16.4. The summed E-state index contributed by atoms with van der Waals surface area (Å²) in [4.78, 5) is 38.2. The molecule has 1 atom stereocenters. The van der Waals surface area contributed by atoms with Gasteiger partial charge in [-0.25, -0.2) is 4.79 Å². The fourth-order valence-electron chi connectivity index (χ4n) is 3.23. The van der Waals surface area contributed by atoms with Gasteiger partial charge in [0.1, 0.15) is 6.04 Å². The molecule has 0 bridgehead atoms. The molecule has 6 heteroatoms. The summed E-state index contributed by atoms with van der Waals surface area (Å²) in [6.07, 6.45) is 2.23. The summed E-state index contributed by atoms with van der Waals surface area (Å²) in [5, 5.41) is 12.1. The fraction of sp³-hybridized carbons (Fsp3) is 0.571. The van der Waals surface area contributed by atoms with Gasteiger partial charge >= 0.3 is 5.97 Å². The van der Waals surface area contributed by atoms with Gasteiger partial charge in [-0.2, -0.15) is 0 Å². The normalized spacial score (nSPS) is 16.6. The van der Waals surface area contributed by atoms with Crippen LogP contribution in [0.1, 0.15) is 56.8 Å². The van der Waals surface area contributed by atoms with Gasteiger partial charge in [-0.15, -0.1) is 0 Å². The van der Waals surface area contributed by atoms with Crippen LogP contribution in [0.4, 0.5) is 0 Å². The standard InChI is InChI=1S/C21H30N2O4/c1-21(2,3)12-9-17(20(26)27)22-18(24)15-10-13-23(14-11-15)19(25)16-7-5-4-6-8-16/h4-8,15,17H,9-14H2,1-3H3,(H,22,24)(H,26,27). The van der Waals surface area contributed by atoms with Crippen LogP contribution in [0.2, 0.25) is 0 Å². The van der Waals surface area contributed by atoms with Crippen LogP contribution >= 0.6 is 0 Å². The van der Waals surface area contributed by atoms with Crippen molar-refractivity contribution in [3.05, 3.63) is 35.9 Å². The Labute approximate surface area is 160 Å². The van der Waals surface area contributed by atoms with Crippen molar-refractivity contribution in [1.29, 1.82) is 0 Å². The molecule has 1 unspecified atom stereocenters. The Morgan fingerprint density at radius 3 is 2.26 bits per heavy atom. The van der Waals surface area contributed by atoms with Crippen molar-refractivity contribution in [1.82, 2.24) is 10.2 Å². The maximum Gasteiger partial charge on any atom is 0.326 e. The molecular formula is C21H30N2O4. The lowest BCUT2D eigenvalue weighted by Gasteiger charge is -2.32. The van der Waals surface area contributed by atoms with Gasteiger partial charge in [0.15, 0.2) is 0 Å². The smallest absolute Gasteiger partial charge is 0.326 e. The van der Waals surface area contributed by atoms with E-state index in [9.17, 15) is 19.5 Å². The first-order valence-corrected chi connectivity index (χ1v) is 9.55. The molecule has 1 heterocycles. The van der Waals surface area contributed by atoms with Crippen LogP contribution in [-0.2, 0) is 9.59 Å². The number of hydrogen-bond acceptors (Lipinski definition) is 3. The van der Waals surface area contributed by atoms with E-state index in [0.717, 1.165) is 0 Å². The molecule has 2 N–H and O–H groups in total. The Hall–Kier alpha value is -2.37. The topological polar surface area (TPSA) is 86.7 Å². The van der Waals surface area contributed by atoms with Gasteiger partial charge in [0, 0.05) is 24.6 Å². The highest BCUT2D eigenvalue weighted by atomic mass is 16.4. The second-order valence-corrected chi connectivity index (χ2v) is 8.43. The van der Waals surface area contributed by atoms with E-state index in [1.54, 1.807) is 17.0 Å². The summed E-state index contributed by atoms with van der Waals surface area (Å²) in [5.74, 6) is -1.49. The molecule has 0 saturated carbocycles. The molecule has 1 aliphatic rings. The second-order valence-electron chi connectivity index (χ2n) is 8.43.